The fourth-order valence-electron chi connectivity index (χ4n) is 1.23. The van der Waals surface area contributed by atoms with Gasteiger partial charge in [-0.3, -0.25) is 0 Å². The van der Waals surface area contributed by atoms with Crippen LogP contribution in [0, 0.1) is 3.57 Å². The van der Waals surface area contributed by atoms with Gasteiger partial charge < -0.3 is 20.5 Å². The van der Waals surface area contributed by atoms with E-state index in [1.807, 2.05) is 22.6 Å². The highest BCUT2D eigenvalue weighted by molar-refractivity contribution is 14.1. The summed E-state index contributed by atoms with van der Waals surface area (Å²) in [6.45, 7) is 0.804. The van der Waals surface area contributed by atoms with Crippen LogP contribution in [0.2, 0.25) is 0 Å². The van der Waals surface area contributed by atoms with Crippen molar-refractivity contribution in [2.24, 2.45) is 0 Å². The molecule has 0 aliphatic carbocycles. The van der Waals surface area contributed by atoms with Crippen molar-refractivity contribution in [2.45, 2.75) is 0 Å². The summed E-state index contributed by atoms with van der Waals surface area (Å²) in [5, 5.41) is 14.0. The second kappa shape index (κ2) is 7.17. The van der Waals surface area contributed by atoms with Gasteiger partial charge in [0.1, 0.15) is 0 Å². The molecule has 3 N–H and O–H groups in total. The summed E-state index contributed by atoms with van der Waals surface area (Å²) in [5.41, 5.74) is 0.573. The van der Waals surface area contributed by atoms with Crippen molar-refractivity contribution >= 4 is 40.3 Å². The van der Waals surface area contributed by atoms with Gasteiger partial charge in [-0.15, -0.1) is 0 Å². The molecule has 0 radical (unpaired) electrons. The van der Waals surface area contributed by atoms with Crippen molar-refractivity contribution in [3.8, 4) is 0 Å². The van der Waals surface area contributed by atoms with E-state index in [-0.39, 0.29) is 5.56 Å². The van der Waals surface area contributed by atoms with Crippen LogP contribution in [0.5, 0.6) is 0 Å². The lowest BCUT2D eigenvalue weighted by molar-refractivity contribution is 0.0697. The predicted molar refractivity (Wildman–Crippen MR) is 75.0 cm³/mol. The van der Waals surface area contributed by atoms with Crippen molar-refractivity contribution in [2.75, 3.05) is 25.6 Å². The van der Waals surface area contributed by atoms with Gasteiger partial charge in [-0.2, -0.15) is 0 Å². The Labute approximate surface area is 118 Å². The lowest BCUT2D eigenvalue weighted by Gasteiger charge is -2.08. The lowest BCUT2D eigenvalue weighted by atomic mass is 10.2. The van der Waals surface area contributed by atoms with E-state index in [1.54, 1.807) is 6.07 Å². The fourth-order valence-corrected chi connectivity index (χ4v) is 1.90. The second-order valence-electron chi connectivity index (χ2n) is 3.41. The van der Waals surface area contributed by atoms with Crippen molar-refractivity contribution in [3.63, 3.8) is 0 Å². The minimum atomic E-state index is -1.03. The molecule has 0 saturated carbocycles. The number of hydrogen-bond acceptors (Lipinski definition) is 3. The van der Waals surface area contributed by atoms with Crippen molar-refractivity contribution in [1.29, 1.82) is 0 Å². The van der Waals surface area contributed by atoms with E-state index in [4.69, 9.17) is 9.84 Å². The number of benzene rings is 1. The molecule has 1 rings (SSSR count). The third kappa shape index (κ3) is 4.88. The molecule has 6 nitrogen and oxygen atoms in total. The minimum absolute atomic E-state index is 0.133. The number of aromatic carboxylic acids is 1. The van der Waals surface area contributed by atoms with Gasteiger partial charge in [-0.05, 0) is 40.8 Å². The van der Waals surface area contributed by atoms with E-state index in [1.165, 1.54) is 19.2 Å². The number of hydrogen-bond donors (Lipinski definition) is 3. The molecule has 0 bridgehead atoms. The smallest absolute Gasteiger partial charge is 0.335 e. The molecular weight excluding hydrogens is 351 g/mol. The average Bonchev–Trinajstić information content (AvgIpc) is 2.28. The molecule has 1 aromatic carbocycles. The monoisotopic (exact) mass is 364 g/mol. The molecule has 1 aromatic rings. The first-order chi connectivity index (χ1) is 8.52. The Kier molecular flexibility index (Phi) is 5.86. The Hall–Kier alpha value is -1.35. The first-order valence-corrected chi connectivity index (χ1v) is 6.18. The SMILES string of the molecule is COCCNC(=O)Nc1cc(I)cc(C(=O)O)c1. The summed E-state index contributed by atoms with van der Waals surface area (Å²) in [6, 6.07) is 4.21. The van der Waals surface area contributed by atoms with E-state index in [9.17, 15) is 9.59 Å². The number of carbonyl (C=O) groups is 2. The largest absolute Gasteiger partial charge is 0.478 e. The molecule has 0 aliphatic rings. The van der Waals surface area contributed by atoms with Gasteiger partial charge in [0.2, 0.25) is 0 Å². The molecule has 0 aliphatic heterocycles. The van der Waals surface area contributed by atoms with Crippen LogP contribution in [-0.4, -0.2) is 37.4 Å². The molecule has 0 unspecified atom stereocenters. The summed E-state index contributed by atoms with van der Waals surface area (Å²) < 4.78 is 5.53. The molecule has 18 heavy (non-hydrogen) atoms. The number of anilines is 1. The van der Waals surface area contributed by atoms with Crippen LogP contribution in [-0.2, 0) is 4.74 Å². The Morgan fingerprint density at radius 3 is 2.72 bits per heavy atom. The first-order valence-electron chi connectivity index (χ1n) is 5.10. The summed E-state index contributed by atoms with van der Waals surface area (Å²) in [5.74, 6) is -1.03. The number of carboxylic acids is 1. The minimum Gasteiger partial charge on any atom is -0.478 e. The molecular formula is C11H13IN2O4. The van der Waals surface area contributed by atoms with Crippen LogP contribution in [0.4, 0.5) is 10.5 Å². The summed E-state index contributed by atoms with van der Waals surface area (Å²) in [6.07, 6.45) is 0. The Balaban J connectivity index is 2.66. The van der Waals surface area contributed by atoms with Gasteiger partial charge >= 0.3 is 12.0 Å². The second-order valence-corrected chi connectivity index (χ2v) is 4.65. The van der Waals surface area contributed by atoms with Crippen LogP contribution >= 0.6 is 22.6 Å². The molecule has 7 heteroatoms. The molecule has 0 atom stereocenters. The lowest BCUT2D eigenvalue weighted by Crippen LogP contribution is -2.31. The predicted octanol–water partition coefficient (Wildman–Crippen LogP) is 1.76. The zero-order chi connectivity index (χ0) is 13.5. The van der Waals surface area contributed by atoms with Gasteiger partial charge in [0.15, 0.2) is 0 Å². The van der Waals surface area contributed by atoms with E-state index in [0.717, 1.165) is 3.57 Å². The van der Waals surface area contributed by atoms with Crippen LogP contribution < -0.4 is 10.6 Å². The molecule has 2 amide bonds. The molecule has 0 fully saturated rings. The summed E-state index contributed by atoms with van der Waals surface area (Å²) in [4.78, 5) is 22.3. The third-order valence-electron chi connectivity index (χ3n) is 1.99. The number of ether oxygens (including phenoxy) is 1. The normalized spacial score (nSPS) is 9.89. The topological polar surface area (TPSA) is 87.7 Å². The third-order valence-corrected chi connectivity index (χ3v) is 2.62. The maximum atomic E-state index is 11.5. The Morgan fingerprint density at radius 2 is 2.11 bits per heavy atom. The number of carboxylic acid groups (broad SMARTS) is 1. The molecule has 98 valence electrons. The quantitative estimate of drug-likeness (QED) is 0.549. The van der Waals surface area contributed by atoms with Gasteiger partial charge in [0.25, 0.3) is 0 Å². The van der Waals surface area contributed by atoms with Crippen LogP contribution in [0.1, 0.15) is 10.4 Å². The molecule has 0 aromatic heterocycles. The number of nitrogens with one attached hydrogen (secondary N) is 2. The number of rotatable bonds is 5. The molecule has 0 heterocycles. The number of amides is 2. The highest BCUT2D eigenvalue weighted by Gasteiger charge is 2.08. The van der Waals surface area contributed by atoms with E-state index in [2.05, 4.69) is 10.6 Å². The highest BCUT2D eigenvalue weighted by Crippen LogP contribution is 2.16. The molecule has 0 saturated heterocycles. The van der Waals surface area contributed by atoms with Gasteiger partial charge in [0, 0.05) is 22.9 Å². The fraction of sp³-hybridized carbons (Fsp3) is 0.273. The van der Waals surface area contributed by atoms with Crippen LogP contribution in [0.3, 0.4) is 0 Å². The van der Waals surface area contributed by atoms with Crippen molar-refractivity contribution in [1.82, 2.24) is 5.32 Å². The Bertz CT molecular complexity index is 451. The molecule has 0 spiro atoms. The maximum absolute atomic E-state index is 11.5. The highest BCUT2D eigenvalue weighted by atomic mass is 127. The first kappa shape index (κ1) is 14.7. The van der Waals surface area contributed by atoms with E-state index >= 15 is 0 Å². The van der Waals surface area contributed by atoms with Crippen LogP contribution in [0.15, 0.2) is 18.2 Å². The summed E-state index contributed by atoms with van der Waals surface area (Å²) >= 11 is 1.99. The van der Waals surface area contributed by atoms with Crippen molar-refractivity contribution in [3.05, 3.63) is 27.3 Å². The van der Waals surface area contributed by atoms with Gasteiger partial charge in [-0.25, -0.2) is 9.59 Å². The maximum Gasteiger partial charge on any atom is 0.335 e. The van der Waals surface area contributed by atoms with E-state index in [0.29, 0.717) is 18.8 Å². The Morgan fingerprint density at radius 1 is 1.39 bits per heavy atom. The van der Waals surface area contributed by atoms with E-state index < -0.39 is 12.0 Å². The van der Waals surface area contributed by atoms with Crippen molar-refractivity contribution < 1.29 is 19.4 Å². The van der Waals surface area contributed by atoms with Gasteiger partial charge in [-0.1, -0.05) is 0 Å². The number of urea groups is 1. The van der Waals surface area contributed by atoms with Gasteiger partial charge in [0.05, 0.1) is 12.2 Å². The standard InChI is InChI=1S/C11H13IN2O4/c1-18-3-2-13-11(17)14-9-5-7(10(15)16)4-8(12)6-9/h4-6H,2-3H2,1H3,(H,15,16)(H2,13,14,17). The zero-order valence-corrected chi connectivity index (χ0v) is 11.9. The number of methoxy groups -OCH3 is 1. The van der Waals surface area contributed by atoms with Crippen LogP contribution in [0.25, 0.3) is 0 Å². The number of carbonyl (C=O) groups excluding carboxylic acids is 1. The number of halogens is 1. The summed E-state index contributed by atoms with van der Waals surface area (Å²) in [7, 11) is 1.54. The zero-order valence-electron chi connectivity index (χ0n) is 9.70. The average molecular weight is 364 g/mol.